The molecule has 0 bridgehead atoms. The minimum Gasteiger partial charge on any atom is -0.473 e. The Morgan fingerprint density at radius 3 is 2.89 bits per heavy atom. The summed E-state index contributed by atoms with van der Waals surface area (Å²) in [7, 11) is 0. The number of hydrogen-bond acceptors (Lipinski definition) is 3. The zero-order valence-corrected chi connectivity index (χ0v) is 11.1. The Morgan fingerprint density at radius 1 is 1.33 bits per heavy atom. The van der Waals surface area contributed by atoms with E-state index in [9.17, 15) is 0 Å². The lowest BCUT2D eigenvalue weighted by Gasteiger charge is -2.06. The van der Waals surface area contributed by atoms with Gasteiger partial charge >= 0.3 is 0 Å². The van der Waals surface area contributed by atoms with Crippen molar-refractivity contribution in [1.29, 1.82) is 5.41 Å². The molecule has 1 aromatic carbocycles. The normalized spacial score (nSPS) is 10.1. The summed E-state index contributed by atoms with van der Waals surface area (Å²) in [5.74, 6) is 0.465. The molecule has 92 valence electrons. The van der Waals surface area contributed by atoms with Crippen LogP contribution in [-0.4, -0.2) is 10.8 Å². The van der Waals surface area contributed by atoms with Crippen LogP contribution < -0.4 is 10.5 Å². The lowest BCUT2D eigenvalue weighted by molar-refractivity contribution is 0.294. The lowest BCUT2D eigenvalue weighted by Crippen LogP contribution is -2.11. The highest BCUT2D eigenvalue weighted by Crippen LogP contribution is 2.15. The predicted octanol–water partition coefficient (Wildman–Crippen LogP) is 2.71. The first-order chi connectivity index (χ1) is 8.65. The van der Waals surface area contributed by atoms with Crippen LogP contribution in [0.5, 0.6) is 5.88 Å². The Hall–Kier alpha value is -1.88. The number of nitrogens with two attached hydrogens (primary N) is 1. The van der Waals surface area contributed by atoms with E-state index in [4.69, 9.17) is 15.9 Å². The van der Waals surface area contributed by atoms with Crippen LogP contribution in [0.1, 0.15) is 11.1 Å². The molecule has 0 radical (unpaired) electrons. The summed E-state index contributed by atoms with van der Waals surface area (Å²) >= 11 is 3.40. The Balaban J connectivity index is 2.06. The van der Waals surface area contributed by atoms with Gasteiger partial charge in [0, 0.05) is 22.3 Å². The quantitative estimate of drug-likeness (QED) is 0.674. The molecule has 5 heteroatoms. The van der Waals surface area contributed by atoms with Crippen molar-refractivity contribution in [3.05, 3.63) is 58.2 Å². The number of nitrogen functional groups attached to an aromatic ring is 1. The molecule has 3 N–H and O–H groups in total. The van der Waals surface area contributed by atoms with Gasteiger partial charge in [0.2, 0.25) is 5.88 Å². The third kappa shape index (κ3) is 3.30. The van der Waals surface area contributed by atoms with Crippen molar-refractivity contribution in [3.63, 3.8) is 0 Å². The molecule has 2 aromatic rings. The Bertz CT molecular complexity index is 572. The summed E-state index contributed by atoms with van der Waals surface area (Å²) in [6.45, 7) is 0.424. The summed E-state index contributed by atoms with van der Waals surface area (Å²) in [5, 5.41) is 7.34. The molecule has 0 amide bonds. The topological polar surface area (TPSA) is 72.0 Å². The molecule has 1 heterocycles. The van der Waals surface area contributed by atoms with E-state index in [2.05, 4.69) is 20.9 Å². The van der Waals surface area contributed by atoms with Crippen molar-refractivity contribution < 1.29 is 4.74 Å². The number of nitrogens with zero attached hydrogens (tertiary/aromatic N) is 1. The second-order valence-corrected chi connectivity index (χ2v) is 4.63. The van der Waals surface area contributed by atoms with E-state index < -0.39 is 0 Å². The first kappa shape index (κ1) is 12.6. The maximum atomic E-state index is 7.34. The van der Waals surface area contributed by atoms with E-state index in [0.29, 0.717) is 18.1 Å². The standard InChI is InChI=1S/C13H12BrN3O/c14-11-3-1-2-9(6-11)8-18-12-7-10(13(15)16)4-5-17-12/h1-7H,8H2,(H3,15,16). The first-order valence-corrected chi connectivity index (χ1v) is 6.12. The Morgan fingerprint density at radius 2 is 2.17 bits per heavy atom. The molecule has 0 spiro atoms. The van der Waals surface area contributed by atoms with Gasteiger partial charge in [0.15, 0.2) is 0 Å². The summed E-state index contributed by atoms with van der Waals surface area (Å²) in [6.07, 6.45) is 1.58. The number of ether oxygens (including phenoxy) is 1. The SMILES string of the molecule is N=C(N)c1ccnc(OCc2cccc(Br)c2)c1. The number of hydrogen-bond donors (Lipinski definition) is 2. The third-order valence-electron chi connectivity index (χ3n) is 2.32. The third-order valence-corrected chi connectivity index (χ3v) is 2.81. The summed E-state index contributed by atoms with van der Waals surface area (Å²) < 4.78 is 6.56. The molecule has 0 fully saturated rings. The molecule has 0 aliphatic rings. The maximum Gasteiger partial charge on any atom is 0.214 e. The van der Waals surface area contributed by atoms with E-state index in [0.717, 1.165) is 10.0 Å². The molecule has 18 heavy (non-hydrogen) atoms. The molecule has 0 saturated heterocycles. The van der Waals surface area contributed by atoms with Gasteiger partial charge in [0.25, 0.3) is 0 Å². The van der Waals surface area contributed by atoms with E-state index in [-0.39, 0.29) is 5.84 Å². The van der Waals surface area contributed by atoms with Crippen LogP contribution in [0.15, 0.2) is 47.1 Å². The average molecular weight is 306 g/mol. The number of pyridine rings is 1. The number of nitrogens with one attached hydrogen (secondary N) is 1. The van der Waals surface area contributed by atoms with Gasteiger partial charge in [-0.25, -0.2) is 4.98 Å². The number of amidine groups is 1. The second-order valence-electron chi connectivity index (χ2n) is 3.72. The van der Waals surface area contributed by atoms with Crippen LogP contribution in [0.25, 0.3) is 0 Å². The van der Waals surface area contributed by atoms with Crippen LogP contribution in [-0.2, 0) is 6.61 Å². The van der Waals surface area contributed by atoms with Crippen molar-refractivity contribution in [2.24, 2.45) is 5.73 Å². The van der Waals surface area contributed by atoms with Crippen LogP contribution in [0.4, 0.5) is 0 Å². The van der Waals surface area contributed by atoms with E-state index in [1.165, 1.54) is 0 Å². The molecule has 0 saturated carbocycles. The minimum absolute atomic E-state index is 0.00436. The summed E-state index contributed by atoms with van der Waals surface area (Å²) in [5.41, 5.74) is 7.05. The smallest absolute Gasteiger partial charge is 0.214 e. The Kier molecular flexibility index (Phi) is 3.94. The Labute approximate surface area is 113 Å². The van der Waals surface area contributed by atoms with Gasteiger partial charge in [-0.05, 0) is 23.8 Å². The molecule has 2 rings (SSSR count). The second kappa shape index (κ2) is 5.64. The molecule has 0 unspecified atom stereocenters. The fraction of sp³-hybridized carbons (Fsp3) is 0.0769. The van der Waals surface area contributed by atoms with Gasteiger partial charge in [0.05, 0.1) is 0 Å². The van der Waals surface area contributed by atoms with Crippen molar-refractivity contribution >= 4 is 21.8 Å². The number of benzene rings is 1. The fourth-order valence-corrected chi connectivity index (χ4v) is 1.89. The highest BCUT2D eigenvalue weighted by atomic mass is 79.9. The number of aromatic nitrogens is 1. The van der Waals surface area contributed by atoms with Gasteiger partial charge in [-0.3, -0.25) is 5.41 Å². The molecule has 0 atom stereocenters. The zero-order chi connectivity index (χ0) is 13.0. The van der Waals surface area contributed by atoms with Crippen molar-refractivity contribution in [2.75, 3.05) is 0 Å². The molecular weight excluding hydrogens is 294 g/mol. The molecule has 0 aliphatic heterocycles. The monoisotopic (exact) mass is 305 g/mol. The highest BCUT2D eigenvalue weighted by Gasteiger charge is 2.01. The van der Waals surface area contributed by atoms with Gasteiger partial charge in [-0.15, -0.1) is 0 Å². The fourth-order valence-electron chi connectivity index (χ4n) is 1.44. The van der Waals surface area contributed by atoms with E-state index in [1.54, 1.807) is 18.3 Å². The maximum absolute atomic E-state index is 7.34. The molecule has 4 nitrogen and oxygen atoms in total. The molecular formula is C13H12BrN3O. The van der Waals surface area contributed by atoms with E-state index >= 15 is 0 Å². The summed E-state index contributed by atoms with van der Waals surface area (Å²) in [4.78, 5) is 4.07. The van der Waals surface area contributed by atoms with Crippen LogP contribution >= 0.6 is 15.9 Å². The van der Waals surface area contributed by atoms with Gasteiger partial charge in [-0.2, -0.15) is 0 Å². The highest BCUT2D eigenvalue weighted by molar-refractivity contribution is 9.10. The predicted molar refractivity (Wildman–Crippen MR) is 73.7 cm³/mol. The van der Waals surface area contributed by atoms with Crippen LogP contribution in [0.2, 0.25) is 0 Å². The zero-order valence-electron chi connectivity index (χ0n) is 9.56. The van der Waals surface area contributed by atoms with Crippen LogP contribution in [0, 0.1) is 5.41 Å². The largest absolute Gasteiger partial charge is 0.473 e. The van der Waals surface area contributed by atoms with Crippen molar-refractivity contribution in [2.45, 2.75) is 6.61 Å². The molecule has 0 aliphatic carbocycles. The van der Waals surface area contributed by atoms with Gasteiger partial charge in [-0.1, -0.05) is 28.1 Å². The van der Waals surface area contributed by atoms with Crippen LogP contribution in [0.3, 0.4) is 0 Å². The average Bonchev–Trinajstić information content (AvgIpc) is 2.37. The van der Waals surface area contributed by atoms with Crippen molar-refractivity contribution in [3.8, 4) is 5.88 Å². The molecule has 1 aromatic heterocycles. The minimum atomic E-state index is 0.00436. The van der Waals surface area contributed by atoms with E-state index in [1.807, 2.05) is 24.3 Å². The van der Waals surface area contributed by atoms with Gasteiger partial charge in [0.1, 0.15) is 12.4 Å². The number of rotatable bonds is 4. The van der Waals surface area contributed by atoms with Gasteiger partial charge < -0.3 is 10.5 Å². The van der Waals surface area contributed by atoms with Crippen molar-refractivity contribution in [1.82, 2.24) is 4.98 Å². The summed E-state index contributed by atoms with van der Waals surface area (Å²) in [6, 6.07) is 11.2. The number of halogens is 1. The first-order valence-electron chi connectivity index (χ1n) is 5.33. The lowest BCUT2D eigenvalue weighted by atomic mass is 10.2.